The summed E-state index contributed by atoms with van der Waals surface area (Å²) < 4.78 is 9.48. The number of aromatic amines is 1. The lowest BCUT2D eigenvalue weighted by Gasteiger charge is -2.37. The second-order valence-corrected chi connectivity index (χ2v) is 21.2. The largest absolute Gasteiger partial charge is 0.465 e. The average molecular weight is 987 g/mol. The first-order chi connectivity index (χ1) is 36.4. The van der Waals surface area contributed by atoms with Crippen LogP contribution in [0.4, 0.5) is 0 Å². The third kappa shape index (κ3) is 9.12. The van der Waals surface area contributed by atoms with Crippen molar-refractivity contribution in [3.05, 3.63) is 174 Å². The first kappa shape index (κ1) is 48.0. The van der Waals surface area contributed by atoms with E-state index < -0.39 is 0 Å². The minimum atomic E-state index is -0.386. The number of hydrogen-bond donors (Lipinski definition) is 2. The highest BCUT2D eigenvalue weighted by Gasteiger charge is 2.42. The number of rotatable bonds is 15. The summed E-state index contributed by atoms with van der Waals surface area (Å²) in [4.78, 5) is 47.1. The first-order valence-corrected chi connectivity index (χ1v) is 27.6. The predicted octanol–water partition coefficient (Wildman–Crippen LogP) is 12.1. The van der Waals surface area contributed by atoms with Gasteiger partial charge >= 0.3 is 0 Å². The van der Waals surface area contributed by atoms with Gasteiger partial charge in [0.25, 0.3) is 0 Å². The zero-order chi connectivity index (χ0) is 50.1. The quantitative estimate of drug-likeness (QED) is 0.105. The van der Waals surface area contributed by atoms with Gasteiger partial charge in [0.2, 0.25) is 18.0 Å². The number of fused-ring (bicyclic) bond motifs is 5. The van der Waals surface area contributed by atoms with Crippen LogP contribution in [0.25, 0.3) is 39.1 Å². The van der Waals surface area contributed by atoms with Gasteiger partial charge in [0.05, 0.1) is 35.2 Å². The smallest absolute Gasteiger partial charge is 0.245 e. The van der Waals surface area contributed by atoms with E-state index in [4.69, 9.17) is 9.72 Å². The van der Waals surface area contributed by atoms with E-state index in [1.165, 1.54) is 0 Å². The Morgan fingerprint density at radius 1 is 0.716 bits per heavy atom. The molecule has 2 aromatic heterocycles. The Morgan fingerprint density at radius 3 is 2.01 bits per heavy atom. The minimum absolute atomic E-state index is 0.0930. The molecule has 380 valence electrons. The summed E-state index contributed by atoms with van der Waals surface area (Å²) in [6.07, 6.45) is 14.0. The number of ether oxygens (including phenoxy) is 1. The molecule has 11 heteroatoms. The van der Waals surface area contributed by atoms with Crippen molar-refractivity contribution >= 4 is 28.4 Å². The minimum Gasteiger partial charge on any atom is -0.465 e. The van der Waals surface area contributed by atoms with Crippen LogP contribution in [0, 0.1) is 0 Å². The number of nitrogens with one attached hydrogen (secondary N) is 2. The molecule has 74 heavy (non-hydrogen) atoms. The molecule has 5 aromatic carbocycles. The van der Waals surface area contributed by atoms with E-state index in [1.54, 1.807) is 0 Å². The van der Waals surface area contributed by atoms with Crippen LogP contribution in [0.5, 0.6) is 5.75 Å². The lowest BCUT2D eigenvalue weighted by Crippen LogP contribution is -2.51. The van der Waals surface area contributed by atoms with Gasteiger partial charge in [-0.2, -0.15) is 0 Å². The molecule has 0 unspecified atom stereocenters. The van der Waals surface area contributed by atoms with Gasteiger partial charge in [0, 0.05) is 52.5 Å². The Kier molecular flexibility index (Phi) is 13.7. The molecule has 2 amide bonds. The van der Waals surface area contributed by atoms with Gasteiger partial charge in [-0.15, -0.1) is 0 Å². The Bertz CT molecular complexity index is 3120. The summed E-state index contributed by atoms with van der Waals surface area (Å²) in [5, 5.41) is 5.13. The molecule has 0 saturated carbocycles. The van der Waals surface area contributed by atoms with E-state index in [2.05, 4.69) is 164 Å². The van der Waals surface area contributed by atoms with E-state index >= 15 is 0 Å². The fourth-order valence-corrected chi connectivity index (χ4v) is 13.1. The van der Waals surface area contributed by atoms with Crippen molar-refractivity contribution < 1.29 is 14.3 Å². The van der Waals surface area contributed by atoms with Crippen molar-refractivity contribution in [2.24, 2.45) is 0 Å². The molecule has 7 heterocycles. The van der Waals surface area contributed by atoms with Gasteiger partial charge in [-0.25, -0.2) is 4.98 Å². The van der Waals surface area contributed by atoms with Crippen molar-refractivity contribution in [1.29, 1.82) is 0 Å². The maximum atomic E-state index is 14.8. The third-order valence-electron chi connectivity index (χ3n) is 16.7. The number of carbonyl (C=O) groups is 2. The second kappa shape index (κ2) is 21.1. The summed E-state index contributed by atoms with van der Waals surface area (Å²) in [6, 6.07) is 46.4. The van der Waals surface area contributed by atoms with Crippen molar-refractivity contribution in [3.63, 3.8) is 0 Å². The molecule has 0 aliphatic carbocycles. The van der Waals surface area contributed by atoms with Crippen molar-refractivity contribution in [2.75, 3.05) is 39.3 Å². The highest BCUT2D eigenvalue weighted by Crippen LogP contribution is 2.46. The molecule has 2 N–H and O–H groups in total. The normalized spacial score (nSPS) is 21.4. The van der Waals surface area contributed by atoms with Gasteiger partial charge in [0.1, 0.15) is 23.7 Å². The topological polar surface area (TPSA) is 102 Å². The molecule has 0 bridgehead atoms. The molecule has 0 radical (unpaired) electrons. The zero-order valence-corrected chi connectivity index (χ0v) is 43.0. The number of hydrogen-bond acceptors (Lipinski definition) is 7. The van der Waals surface area contributed by atoms with Crippen LogP contribution < -0.4 is 10.1 Å². The van der Waals surface area contributed by atoms with Crippen LogP contribution >= 0.6 is 0 Å². The van der Waals surface area contributed by atoms with Crippen LogP contribution in [-0.2, 0) is 9.59 Å². The van der Waals surface area contributed by atoms with Gasteiger partial charge < -0.3 is 29.4 Å². The van der Waals surface area contributed by atoms with E-state index in [9.17, 15) is 9.59 Å². The third-order valence-corrected chi connectivity index (χ3v) is 16.7. The van der Waals surface area contributed by atoms with Gasteiger partial charge in [-0.3, -0.25) is 19.4 Å². The molecular formula is C63H70N8O3. The fraction of sp³-hybridized carbons (Fsp3) is 0.381. The molecule has 7 aromatic rings. The molecule has 5 aliphatic rings. The number of aromatic nitrogens is 3. The number of allylic oxidation sites excluding steroid dienone is 1. The molecule has 0 spiro atoms. The van der Waals surface area contributed by atoms with Gasteiger partial charge in [-0.05, 0) is 132 Å². The Hall–Kier alpha value is -6.95. The van der Waals surface area contributed by atoms with Crippen LogP contribution in [0.2, 0.25) is 0 Å². The summed E-state index contributed by atoms with van der Waals surface area (Å²) in [5.74, 6) is 2.10. The number of carbonyl (C=O) groups excluding carboxylic acids is 2. The molecule has 12 rings (SSSR count). The van der Waals surface area contributed by atoms with Crippen molar-refractivity contribution in [2.45, 2.75) is 114 Å². The Morgan fingerprint density at radius 2 is 1.35 bits per heavy atom. The maximum absolute atomic E-state index is 14.8. The average Bonchev–Trinajstić information content (AvgIpc) is 4.32. The fourth-order valence-electron chi connectivity index (χ4n) is 13.1. The number of likely N-dealkylation sites (tertiary alicyclic amines) is 4. The number of nitrogens with zero attached hydrogens (tertiary/aromatic N) is 6. The summed E-state index contributed by atoms with van der Waals surface area (Å²) in [5.41, 5.74) is 10.5. The second-order valence-electron chi connectivity index (χ2n) is 21.2. The van der Waals surface area contributed by atoms with Crippen LogP contribution in [0.1, 0.15) is 130 Å². The molecular weight excluding hydrogens is 917 g/mol. The highest BCUT2D eigenvalue weighted by atomic mass is 16.5. The van der Waals surface area contributed by atoms with E-state index in [0.29, 0.717) is 0 Å². The summed E-state index contributed by atoms with van der Waals surface area (Å²) in [7, 11) is 0. The number of H-pyrrole nitrogens is 1. The molecule has 5 aliphatic heterocycles. The number of benzene rings is 5. The SMILES string of the molecule is C/C=C(\N[C@@H](CCC)[C@@H]1CCCN1C(=O)[C@@H](c1ccccc1)N1CCCC1)c1ccc2c(c1)O[C@@H](c1ccccc1)n1c-2cc2cc(-c3cnc([C@@H]4CCCN4C(=O)[C@@H](c4ccccc4)N4CCCC4)[nH]3)ccc21. The zero-order valence-electron chi connectivity index (χ0n) is 43.0. The molecule has 4 saturated heterocycles. The monoisotopic (exact) mass is 987 g/mol. The standard InChI is InChI=1S/C63H70N8O3/c1-3-20-51(54-27-18-37-69(54)61(72)58(67-33-14-15-34-67)43-21-8-5-9-22-43)65-50(4-2)47-29-31-49-56-40-48-39-46(30-32-53(48)71(56)63(74-57(49)41-47)45-25-12-7-13-26-45)52-42-64-60(66-52)55-28-19-38-70(55)62(73)59(68-35-16-17-36-68)44-23-10-6-11-24-44/h4-13,21-26,29-32,39-42,51,54-55,58-59,63,65H,3,14-20,27-28,33-38H2,1-2H3,(H,64,66)/b50-4-/t51-,54-,55-,58+,59+,63-/m0/s1. The van der Waals surface area contributed by atoms with Gasteiger partial charge in [0.15, 0.2) is 0 Å². The maximum Gasteiger partial charge on any atom is 0.245 e. The number of amides is 2. The molecule has 6 atom stereocenters. The van der Waals surface area contributed by atoms with Crippen molar-refractivity contribution in [1.82, 2.24) is 39.5 Å². The summed E-state index contributed by atoms with van der Waals surface area (Å²) in [6.45, 7) is 9.68. The predicted molar refractivity (Wildman–Crippen MR) is 294 cm³/mol. The van der Waals surface area contributed by atoms with Crippen molar-refractivity contribution in [3.8, 4) is 28.3 Å². The Balaban J connectivity index is 0.821. The van der Waals surface area contributed by atoms with E-state index in [1.807, 2.05) is 30.5 Å². The molecule has 4 fully saturated rings. The van der Waals surface area contributed by atoms with Crippen LogP contribution in [-0.4, -0.2) is 97.3 Å². The van der Waals surface area contributed by atoms with Crippen LogP contribution in [0.3, 0.4) is 0 Å². The number of imidazole rings is 1. The lowest BCUT2D eigenvalue weighted by atomic mass is 9.97. The van der Waals surface area contributed by atoms with Gasteiger partial charge in [-0.1, -0.05) is 123 Å². The Labute approximate surface area is 436 Å². The van der Waals surface area contributed by atoms with E-state index in [-0.39, 0.29) is 48.3 Å². The summed E-state index contributed by atoms with van der Waals surface area (Å²) >= 11 is 0. The molecule has 11 nitrogen and oxygen atoms in total. The van der Waals surface area contributed by atoms with E-state index in [0.717, 1.165) is 176 Å². The first-order valence-electron chi connectivity index (χ1n) is 27.6. The highest BCUT2D eigenvalue weighted by molar-refractivity contribution is 5.92. The lowest BCUT2D eigenvalue weighted by molar-refractivity contribution is -0.139. The van der Waals surface area contributed by atoms with Crippen LogP contribution in [0.15, 0.2) is 146 Å².